The molecule has 4 nitrogen and oxygen atoms in total. The maximum Gasteiger partial charge on any atom is 0.298 e. The lowest BCUT2D eigenvalue weighted by atomic mass is 10.1. The van der Waals surface area contributed by atoms with Crippen LogP contribution in [0.5, 0.6) is 0 Å². The van der Waals surface area contributed by atoms with E-state index in [1.165, 1.54) is 5.56 Å². The van der Waals surface area contributed by atoms with E-state index >= 15 is 0 Å². The van der Waals surface area contributed by atoms with E-state index in [9.17, 15) is 9.59 Å². The van der Waals surface area contributed by atoms with Crippen molar-refractivity contribution in [1.29, 1.82) is 0 Å². The first-order valence-corrected chi connectivity index (χ1v) is 9.06. The minimum atomic E-state index is -0.643. The Bertz CT molecular complexity index is 958. The van der Waals surface area contributed by atoms with Gasteiger partial charge in [0.1, 0.15) is 0 Å². The Morgan fingerprint density at radius 2 is 1.77 bits per heavy atom. The quantitative estimate of drug-likeness (QED) is 0.487. The number of amides is 1. The molecule has 5 heteroatoms. The summed E-state index contributed by atoms with van der Waals surface area (Å²) in [5.41, 5.74) is 4.21. The van der Waals surface area contributed by atoms with Gasteiger partial charge in [-0.1, -0.05) is 45.8 Å². The first-order valence-electron chi connectivity index (χ1n) is 8.26. The van der Waals surface area contributed by atoms with Crippen LogP contribution in [-0.2, 0) is 11.3 Å². The molecule has 0 unspecified atom stereocenters. The number of hydrogen-bond acceptors (Lipinski definition) is 2. The Kier molecular flexibility index (Phi) is 5.38. The van der Waals surface area contributed by atoms with Crippen molar-refractivity contribution in [1.82, 2.24) is 4.57 Å². The van der Waals surface area contributed by atoms with Crippen LogP contribution in [0.1, 0.15) is 27.2 Å². The molecule has 0 spiro atoms. The van der Waals surface area contributed by atoms with Crippen LogP contribution in [0, 0.1) is 13.8 Å². The minimum absolute atomic E-state index is 0.372. The molecular formula is C21H19BrN2O2. The van der Waals surface area contributed by atoms with Crippen LogP contribution in [0.3, 0.4) is 0 Å². The van der Waals surface area contributed by atoms with E-state index in [0.29, 0.717) is 17.9 Å². The Labute approximate surface area is 161 Å². The van der Waals surface area contributed by atoms with Gasteiger partial charge < -0.3 is 9.88 Å². The van der Waals surface area contributed by atoms with Crippen LogP contribution in [0.4, 0.5) is 5.69 Å². The van der Waals surface area contributed by atoms with E-state index in [0.717, 1.165) is 15.6 Å². The van der Waals surface area contributed by atoms with Crippen LogP contribution in [0.15, 0.2) is 65.3 Å². The van der Waals surface area contributed by atoms with E-state index in [2.05, 4.69) is 21.2 Å². The number of carbonyl (C=O) groups excluding carboxylic acids is 2. The van der Waals surface area contributed by atoms with Crippen LogP contribution in [0.2, 0.25) is 0 Å². The van der Waals surface area contributed by atoms with Crippen molar-refractivity contribution in [2.24, 2.45) is 0 Å². The number of rotatable bonds is 5. The number of anilines is 1. The highest BCUT2D eigenvalue weighted by Crippen LogP contribution is 2.20. The molecule has 0 saturated heterocycles. The third kappa shape index (κ3) is 4.11. The molecule has 0 bridgehead atoms. The van der Waals surface area contributed by atoms with E-state index < -0.39 is 11.7 Å². The fourth-order valence-electron chi connectivity index (χ4n) is 2.67. The molecule has 3 rings (SSSR count). The molecule has 0 atom stereocenters. The molecule has 26 heavy (non-hydrogen) atoms. The van der Waals surface area contributed by atoms with Gasteiger partial charge in [0.25, 0.3) is 11.7 Å². The summed E-state index contributed by atoms with van der Waals surface area (Å²) in [6, 6.07) is 17.0. The minimum Gasteiger partial charge on any atom is -0.340 e. The second kappa shape index (κ2) is 7.70. The zero-order valence-corrected chi connectivity index (χ0v) is 16.2. The van der Waals surface area contributed by atoms with Gasteiger partial charge in [0, 0.05) is 22.9 Å². The molecule has 1 N–H and O–H groups in total. The second-order valence-corrected chi connectivity index (χ2v) is 7.11. The van der Waals surface area contributed by atoms with Crippen LogP contribution < -0.4 is 5.32 Å². The average molecular weight is 411 g/mol. The maximum absolute atomic E-state index is 12.6. The Morgan fingerprint density at radius 3 is 2.46 bits per heavy atom. The number of aromatic nitrogens is 1. The average Bonchev–Trinajstić information content (AvgIpc) is 3.07. The monoisotopic (exact) mass is 410 g/mol. The lowest BCUT2D eigenvalue weighted by Crippen LogP contribution is -2.25. The summed E-state index contributed by atoms with van der Waals surface area (Å²) in [5.74, 6) is -1.20. The van der Waals surface area contributed by atoms with Gasteiger partial charge >= 0.3 is 0 Å². The Hall–Kier alpha value is -2.66. The van der Waals surface area contributed by atoms with Gasteiger partial charge in [0.05, 0.1) is 5.69 Å². The van der Waals surface area contributed by atoms with Gasteiger partial charge in [-0.2, -0.15) is 0 Å². The molecular weight excluding hydrogens is 392 g/mol. The highest BCUT2D eigenvalue weighted by molar-refractivity contribution is 9.10. The highest BCUT2D eigenvalue weighted by atomic mass is 79.9. The lowest BCUT2D eigenvalue weighted by Gasteiger charge is -2.10. The zero-order valence-electron chi connectivity index (χ0n) is 14.6. The predicted octanol–water partition coefficient (Wildman–Crippen LogP) is 4.74. The summed E-state index contributed by atoms with van der Waals surface area (Å²) in [4.78, 5) is 25.0. The third-order valence-electron chi connectivity index (χ3n) is 4.16. The molecule has 0 aliphatic rings. The largest absolute Gasteiger partial charge is 0.340 e. The molecule has 1 aromatic heterocycles. The summed E-state index contributed by atoms with van der Waals surface area (Å²) in [6.07, 6.45) is 1.81. The predicted molar refractivity (Wildman–Crippen MR) is 107 cm³/mol. The highest BCUT2D eigenvalue weighted by Gasteiger charge is 2.20. The number of halogens is 1. The molecule has 0 aliphatic carbocycles. The standard InChI is InChI=1S/C21H19BrN2O2/c1-14-5-7-16(8-6-14)13-24-11-3-4-19(24)20(25)21(26)23-17-9-10-18(22)15(2)12-17/h3-12H,13H2,1-2H3,(H,23,26). The number of hydrogen-bond donors (Lipinski definition) is 1. The summed E-state index contributed by atoms with van der Waals surface area (Å²) in [6.45, 7) is 4.50. The molecule has 0 saturated carbocycles. The number of ketones is 1. The van der Waals surface area contributed by atoms with Gasteiger partial charge in [-0.05, 0) is 55.3 Å². The van der Waals surface area contributed by atoms with E-state index in [4.69, 9.17) is 0 Å². The fraction of sp³-hybridized carbons (Fsp3) is 0.143. The maximum atomic E-state index is 12.6. The number of nitrogens with one attached hydrogen (secondary N) is 1. The third-order valence-corrected chi connectivity index (χ3v) is 5.05. The number of Topliss-reactive ketones (excluding diaryl/α,β-unsaturated/α-hetero) is 1. The van der Waals surface area contributed by atoms with E-state index in [-0.39, 0.29) is 0 Å². The van der Waals surface area contributed by atoms with Gasteiger partial charge in [-0.25, -0.2) is 0 Å². The number of nitrogens with zero attached hydrogens (tertiary/aromatic N) is 1. The topological polar surface area (TPSA) is 51.1 Å². The molecule has 0 fully saturated rings. The van der Waals surface area contributed by atoms with Gasteiger partial charge in [-0.3, -0.25) is 9.59 Å². The van der Waals surface area contributed by atoms with Crippen LogP contribution in [-0.4, -0.2) is 16.3 Å². The first kappa shape index (κ1) is 18.1. The van der Waals surface area contributed by atoms with E-state index in [1.54, 1.807) is 22.8 Å². The van der Waals surface area contributed by atoms with Crippen LogP contribution >= 0.6 is 15.9 Å². The summed E-state index contributed by atoms with van der Waals surface area (Å²) in [5, 5.41) is 2.67. The van der Waals surface area contributed by atoms with Gasteiger partial charge in [0.2, 0.25) is 0 Å². The fourth-order valence-corrected chi connectivity index (χ4v) is 2.92. The van der Waals surface area contributed by atoms with Crippen molar-refractivity contribution >= 4 is 33.3 Å². The van der Waals surface area contributed by atoms with Gasteiger partial charge in [-0.15, -0.1) is 0 Å². The van der Waals surface area contributed by atoms with Crippen molar-refractivity contribution in [2.45, 2.75) is 20.4 Å². The molecule has 132 valence electrons. The smallest absolute Gasteiger partial charge is 0.298 e. The first-order chi connectivity index (χ1) is 12.4. The van der Waals surface area contributed by atoms with Crippen molar-refractivity contribution in [3.63, 3.8) is 0 Å². The molecule has 0 aliphatic heterocycles. The van der Waals surface area contributed by atoms with E-state index in [1.807, 2.05) is 56.4 Å². The van der Waals surface area contributed by atoms with Crippen molar-refractivity contribution in [3.05, 3.63) is 87.7 Å². The number of carbonyl (C=O) groups is 2. The molecule has 0 radical (unpaired) electrons. The summed E-state index contributed by atoms with van der Waals surface area (Å²) < 4.78 is 2.74. The van der Waals surface area contributed by atoms with Crippen molar-refractivity contribution < 1.29 is 9.59 Å². The summed E-state index contributed by atoms with van der Waals surface area (Å²) in [7, 11) is 0. The molecule has 1 heterocycles. The molecule has 1 amide bonds. The number of aryl methyl sites for hydroxylation is 2. The summed E-state index contributed by atoms with van der Waals surface area (Å²) >= 11 is 3.42. The van der Waals surface area contributed by atoms with Crippen molar-refractivity contribution in [2.75, 3.05) is 5.32 Å². The molecule has 2 aromatic carbocycles. The Morgan fingerprint density at radius 1 is 1.04 bits per heavy atom. The number of benzene rings is 2. The lowest BCUT2D eigenvalue weighted by molar-refractivity contribution is -0.112. The molecule has 3 aromatic rings. The van der Waals surface area contributed by atoms with Gasteiger partial charge in [0.15, 0.2) is 0 Å². The normalized spacial score (nSPS) is 10.6. The SMILES string of the molecule is Cc1ccc(Cn2cccc2C(=O)C(=O)Nc2ccc(Br)c(C)c2)cc1. The second-order valence-electron chi connectivity index (χ2n) is 6.25. The Balaban J connectivity index is 1.75. The zero-order chi connectivity index (χ0) is 18.7. The van der Waals surface area contributed by atoms with Crippen LogP contribution in [0.25, 0.3) is 0 Å². The van der Waals surface area contributed by atoms with Crippen molar-refractivity contribution in [3.8, 4) is 0 Å².